The topological polar surface area (TPSA) is 108 Å². The van der Waals surface area contributed by atoms with E-state index in [1.165, 1.54) is 31.2 Å². The lowest BCUT2D eigenvalue weighted by Crippen LogP contribution is -2.20. The summed E-state index contributed by atoms with van der Waals surface area (Å²) in [5.41, 5.74) is 10.3. The Labute approximate surface area is 226 Å². The molecular weight excluding hydrogens is 484 g/mol. The predicted octanol–water partition coefficient (Wildman–Crippen LogP) is 6.21. The minimum atomic E-state index is 0.658. The van der Waals surface area contributed by atoms with E-state index in [-0.39, 0.29) is 0 Å². The Morgan fingerprint density at radius 3 is 2.67 bits per heavy atom. The number of H-pyrrole nitrogens is 2. The summed E-state index contributed by atoms with van der Waals surface area (Å²) in [6.07, 6.45) is 12.9. The van der Waals surface area contributed by atoms with Gasteiger partial charge in [-0.1, -0.05) is 42.7 Å². The van der Waals surface area contributed by atoms with Crippen molar-refractivity contribution in [2.45, 2.75) is 39.2 Å². The Balaban J connectivity index is 1.20. The molecule has 0 unspecified atom stereocenters. The second-order valence-electron chi connectivity index (χ2n) is 10.6. The van der Waals surface area contributed by atoms with Crippen molar-refractivity contribution >= 4 is 22.1 Å². The fourth-order valence-corrected chi connectivity index (χ4v) is 5.65. The van der Waals surface area contributed by atoms with Crippen molar-refractivity contribution in [1.29, 1.82) is 0 Å². The second-order valence-corrected chi connectivity index (χ2v) is 10.6. The molecule has 0 aliphatic heterocycles. The first-order valence-electron chi connectivity index (χ1n) is 13.6. The average Bonchev–Trinajstić information content (AvgIpc) is 3.72. The van der Waals surface area contributed by atoms with Gasteiger partial charge in [-0.05, 0) is 61.6 Å². The highest BCUT2D eigenvalue weighted by atomic mass is 15.1. The van der Waals surface area contributed by atoms with Crippen molar-refractivity contribution in [3.63, 3.8) is 0 Å². The molecular formula is C31H30N8. The molecule has 5 aromatic heterocycles. The second kappa shape index (κ2) is 10.0. The van der Waals surface area contributed by atoms with Crippen LogP contribution in [0.5, 0.6) is 0 Å². The van der Waals surface area contributed by atoms with E-state index in [4.69, 9.17) is 9.97 Å². The standard InChI is InChI=1S/C31H30N8/c1-19-5-4-8-22(11-19)24-17-34-18-27-28(24)37-31(36-27)30-29-26(38-39-30)10-9-25(35-29)23-12-21(15-33-16-23)14-32-13-20-6-2-3-7-20/h4-5,8-12,15-18,20,32H,2-3,6-7,13-14H2,1H3,(H,36,37)(H,38,39). The van der Waals surface area contributed by atoms with Crippen LogP contribution < -0.4 is 5.32 Å². The normalized spacial score (nSPS) is 14.1. The summed E-state index contributed by atoms with van der Waals surface area (Å²) >= 11 is 0. The molecule has 39 heavy (non-hydrogen) atoms. The smallest absolute Gasteiger partial charge is 0.161 e. The Bertz CT molecular complexity index is 1780. The zero-order valence-corrected chi connectivity index (χ0v) is 21.9. The van der Waals surface area contributed by atoms with Gasteiger partial charge in [-0.15, -0.1) is 0 Å². The van der Waals surface area contributed by atoms with Gasteiger partial charge >= 0.3 is 0 Å². The maximum absolute atomic E-state index is 5.00. The van der Waals surface area contributed by atoms with Crippen molar-refractivity contribution < 1.29 is 0 Å². The number of imidazole rings is 1. The highest BCUT2D eigenvalue weighted by Gasteiger charge is 2.18. The quantitative estimate of drug-likeness (QED) is 0.234. The molecule has 1 aliphatic carbocycles. The fraction of sp³-hybridized carbons (Fsp3) is 0.258. The van der Waals surface area contributed by atoms with Gasteiger partial charge in [-0.25, -0.2) is 9.97 Å². The van der Waals surface area contributed by atoms with Crippen LogP contribution >= 0.6 is 0 Å². The van der Waals surface area contributed by atoms with E-state index in [1.807, 2.05) is 30.7 Å². The molecule has 8 heteroatoms. The van der Waals surface area contributed by atoms with E-state index >= 15 is 0 Å². The third-order valence-corrected chi connectivity index (χ3v) is 7.68. The van der Waals surface area contributed by atoms with Crippen LogP contribution in [0.25, 0.3) is 56.0 Å². The van der Waals surface area contributed by atoms with Crippen molar-refractivity contribution in [3.05, 3.63) is 78.4 Å². The van der Waals surface area contributed by atoms with E-state index in [9.17, 15) is 0 Å². The maximum Gasteiger partial charge on any atom is 0.161 e. The number of nitrogens with zero attached hydrogens (tertiary/aromatic N) is 5. The molecule has 0 spiro atoms. The maximum atomic E-state index is 5.00. The lowest BCUT2D eigenvalue weighted by Gasteiger charge is -2.11. The number of hydrogen-bond donors (Lipinski definition) is 3. The van der Waals surface area contributed by atoms with E-state index in [0.717, 1.165) is 69.0 Å². The van der Waals surface area contributed by atoms with Gasteiger partial charge in [0.05, 0.1) is 28.4 Å². The summed E-state index contributed by atoms with van der Waals surface area (Å²) in [5.74, 6) is 1.47. The van der Waals surface area contributed by atoms with E-state index in [1.54, 1.807) is 6.20 Å². The largest absolute Gasteiger partial charge is 0.335 e. The molecule has 0 radical (unpaired) electrons. The molecule has 1 fully saturated rings. The number of benzene rings is 1. The van der Waals surface area contributed by atoms with Crippen molar-refractivity contribution in [2.24, 2.45) is 5.92 Å². The molecule has 8 nitrogen and oxygen atoms in total. The van der Waals surface area contributed by atoms with Gasteiger partial charge < -0.3 is 10.3 Å². The van der Waals surface area contributed by atoms with E-state index in [2.05, 4.69) is 67.7 Å². The first kappa shape index (κ1) is 23.7. The van der Waals surface area contributed by atoms with Crippen LogP contribution in [0.15, 0.2) is 67.3 Å². The molecule has 6 aromatic rings. The molecule has 0 atom stereocenters. The minimum Gasteiger partial charge on any atom is -0.335 e. The van der Waals surface area contributed by atoms with Gasteiger partial charge in [0, 0.05) is 36.3 Å². The average molecular weight is 515 g/mol. The van der Waals surface area contributed by atoms with Crippen molar-refractivity contribution in [3.8, 4) is 33.9 Å². The van der Waals surface area contributed by atoms with Crippen LogP contribution in [0.4, 0.5) is 0 Å². The SMILES string of the molecule is Cc1cccc(-c2cncc3[nH]c(-c4n[nH]c5ccc(-c6cncc(CNCC7CCCC7)c6)nc45)nc23)c1. The Hall–Kier alpha value is -4.43. The lowest BCUT2D eigenvalue weighted by atomic mass is 10.0. The molecule has 7 rings (SSSR count). The number of nitrogens with one attached hydrogen (secondary N) is 3. The summed E-state index contributed by atoms with van der Waals surface area (Å²) < 4.78 is 0. The molecule has 0 saturated heterocycles. The number of aromatic nitrogens is 7. The Kier molecular flexibility index (Phi) is 6.09. The van der Waals surface area contributed by atoms with Crippen LogP contribution in [-0.4, -0.2) is 41.7 Å². The third kappa shape index (κ3) is 4.68. The van der Waals surface area contributed by atoms with E-state index < -0.39 is 0 Å². The molecule has 5 heterocycles. The summed E-state index contributed by atoms with van der Waals surface area (Å²) in [6, 6.07) is 14.6. The highest BCUT2D eigenvalue weighted by Crippen LogP contribution is 2.31. The van der Waals surface area contributed by atoms with Gasteiger partial charge in [-0.2, -0.15) is 5.10 Å². The molecule has 1 aliphatic rings. The van der Waals surface area contributed by atoms with Gasteiger partial charge in [0.25, 0.3) is 0 Å². The van der Waals surface area contributed by atoms with E-state index in [0.29, 0.717) is 11.5 Å². The molecule has 1 saturated carbocycles. The van der Waals surface area contributed by atoms with Gasteiger partial charge in [0.1, 0.15) is 5.52 Å². The van der Waals surface area contributed by atoms with Crippen LogP contribution in [0.3, 0.4) is 0 Å². The number of fused-ring (bicyclic) bond motifs is 2. The number of aryl methyl sites for hydroxylation is 1. The molecule has 0 bridgehead atoms. The Morgan fingerprint density at radius 2 is 1.77 bits per heavy atom. The van der Waals surface area contributed by atoms with Crippen molar-refractivity contribution in [2.75, 3.05) is 6.54 Å². The van der Waals surface area contributed by atoms with Crippen LogP contribution in [0.2, 0.25) is 0 Å². The highest BCUT2D eigenvalue weighted by molar-refractivity contribution is 5.95. The summed E-state index contributed by atoms with van der Waals surface area (Å²) in [5, 5.41) is 11.3. The molecule has 0 amide bonds. The number of aromatic amines is 2. The van der Waals surface area contributed by atoms with Gasteiger partial charge in [0.15, 0.2) is 11.5 Å². The van der Waals surface area contributed by atoms with Crippen LogP contribution in [0, 0.1) is 12.8 Å². The minimum absolute atomic E-state index is 0.658. The summed E-state index contributed by atoms with van der Waals surface area (Å²) in [7, 11) is 0. The predicted molar refractivity (Wildman–Crippen MR) is 154 cm³/mol. The molecule has 3 N–H and O–H groups in total. The first-order chi connectivity index (χ1) is 19.2. The third-order valence-electron chi connectivity index (χ3n) is 7.68. The van der Waals surface area contributed by atoms with Crippen LogP contribution in [0.1, 0.15) is 36.8 Å². The zero-order valence-electron chi connectivity index (χ0n) is 21.9. The molecule has 1 aromatic carbocycles. The Morgan fingerprint density at radius 1 is 0.872 bits per heavy atom. The monoisotopic (exact) mass is 514 g/mol. The number of pyridine rings is 3. The van der Waals surface area contributed by atoms with Crippen molar-refractivity contribution in [1.82, 2.24) is 40.4 Å². The zero-order chi connectivity index (χ0) is 26.2. The summed E-state index contributed by atoms with van der Waals surface area (Å²) in [6.45, 7) is 3.97. The number of hydrogen-bond acceptors (Lipinski definition) is 6. The fourth-order valence-electron chi connectivity index (χ4n) is 5.65. The first-order valence-corrected chi connectivity index (χ1v) is 13.6. The van der Waals surface area contributed by atoms with Gasteiger partial charge in [0.2, 0.25) is 0 Å². The summed E-state index contributed by atoms with van der Waals surface area (Å²) in [4.78, 5) is 22.3. The van der Waals surface area contributed by atoms with Crippen LogP contribution in [-0.2, 0) is 6.54 Å². The molecule has 194 valence electrons. The van der Waals surface area contributed by atoms with Gasteiger partial charge in [-0.3, -0.25) is 15.1 Å². The number of rotatable bonds is 7. The lowest BCUT2D eigenvalue weighted by molar-refractivity contribution is 0.489.